The molecule has 0 radical (unpaired) electrons. The second-order valence-corrected chi connectivity index (χ2v) is 5.37. The minimum atomic E-state index is -0.572. The number of rotatable bonds is 3. The minimum absolute atomic E-state index is 0.0529. The summed E-state index contributed by atoms with van der Waals surface area (Å²) in [5.74, 6) is -0.554. The Bertz CT molecular complexity index is 555. The fourth-order valence-corrected chi connectivity index (χ4v) is 2.66. The molecule has 1 aliphatic carbocycles. The van der Waals surface area contributed by atoms with E-state index in [4.69, 9.17) is 0 Å². The molecule has 2 N–H and O–H groups in total. The zero-order valence-electron chi connectivity index (χ0n) is 11.0. The molecule has 3 atom stereocenters. The fraction of sp³-hybridized carbons (Fsp3) is 0.400. The summed E-state index contributed by atoms with van der Waals surface area (Å²) in [6.07, 6.45) is 1.49. The van der Waals surface area contributed by atoms with Crippen LogP contribution in [0.5, 0.6) is 0 Å². The van der Waals surface area contributed by atoms with Gasteiger partial charge in [0.2, 0.25) is 17.7 Å². The highest BCUT2D eigenvalue weighted by molar-refractivity contribution is 6.02. The molecule has 5 heteroatoms. The maximum absolute atomic E-state index is 12.1. The molecule has 0 bridgehead atoms. The molecule has 104 valence electrons. The minimum Gasteiger partial charge on any atom is -0.344 e. The van der Waals surface area contributed by atoms with Crippen LogP contribution in [0.4, 0.5) is 0 Å². The predicted octanol–water partition coefficient (Wildman–Crippen LogP) is 0.712. The fourth-order valence-electron chi connectivity index (χ4n) is 2.66. The van der Waals surface area contributed by atoms with Gasteiger partial charge in [-0.05, 0) is 24.3 Å². The van der Waals surface area contributed by atoms with Gasteiger partial charge in [0, 0.05) is 12.3 Å². The molecule has 1 heterocycles. The lowest BCUT2D eigenvalue weighted by Crippen LogP contribution is -2.52. The Labute approximate surface area is 116 Å². The number of carbonyl (C=O) groups is 3. The molecule has 5 nitrogen and oxygen atoms in total. The number of hydrogen-bond acceptors (Lipinski definition) is 3. The zero-order chi connectivity index (χ0) is 14.1. The topological polar surface area (TPSA) is 75.3 Å². The third kappa shape index (κ3) is 2.57. The molecule has 20 heavy (non-hydrogen) atoms. The monoisotopic (exact) mass is 272 g/mol. The second kappa shape index (κ2) is 5.07. The number of imide groups is 1. The van der Waals surface area contributed by atoms with Crippen molar-refractivity contribution in [2.45, 2.75) is 31.2 Å². The van der Waals surface area contributed by atoms with Crippen molar-refractivity contribution in [2.24, 2.45) is 5.92 Å². The molecule has 0 spiro atoms. The summed E-state index contributed by atoms with van der Waals surface area (Å²) >= 11 is 0. The van der Waals surface area contributed by atoms with Gasteiger partial charge in [-0.1, -0.05) is 30.3 Å². The normalized spacial score (nSPS) is 28.7. The first-order valence-corrected chi connectivity index (χ1v) is 6.84. The summed E-state index contributed by atoms with van der Waals surface area (Å²) in [5.41, 5.74) is 1.16. The first kappa shape index (κ1) is 12.8. The number of amides is 3. The molecule has 1 aromatic rings. The van der Waals surface area contributed by atoms with Crippen molar-refractivity contribution in [3.63, 3.8) is 0 Å². The van der Waals surface area contributed by atoms with Gasteiger partial charge in [-0.3, -0.25) is 19.7 Å². The van der Waals surface area contributed by atoms with Crippen molar-refractivity contribution in [1.82, 2.24) is 10.6 Å². The van der Waals surface area contributed by atoms with Crippen LogP contribution in [-0.2, 0) is 14.4 Å². The molecule has 0 aromatic heterocycles. The summed E-state index contributed by atoms with van der Waals surface area (Å²) in [4.78, 5) is 34.7. The highest BCUT2D eigenvalue weighted by Crippen LogP contribution is 2.47. The molecule has 3 unspecified atom stereocenters. The predicted molar refractivity (Wildman–Crippen MR) is 71.6 cm³/mol. The lowest BCUT2D eigenvalue weighted by atomic mass is 10.1. The Hall–Kier alpha value is -2.17. The average Bonchev–Trinajstić information content (AvgIpc) is 3.23. The van der Waals surface area contributed by atoms with Gasteiger partial charge in [-0.2, -0.15) is 0 Å². The van der Waals surface area contributed by atoms with E-state index in [2.05, 4.69) is 10.6 Å². The van der Waals surface area contributed by atoms with E-state index >= 15 is 0 Å². The van der Waals surface area contributed by atoms with Gasteiger partial charge >= 0.3 is 0 Å². The van der Waals surface area contributed by atoms with E-state index in [1.807, 2.05) is 30.3 Å². The van der Waals surface area contributed by atoms with E-state index in [0.717, 1.165) is 12.0 Å². The van der Waals surface area contributed by atoms with Crippen LogP contribution < -0.4 is 10.6 Å². The van der Waals surface area contributed by atoms with Crippen LogP contribution in [0.15, 0.2) is 30.3 Å². The Morgan fingerprint density at radius 2 is 1.95 bits per heavy atom. The lowest BCUT2D eigenvalue weighted by Gasteiger charge is -2.21. The Morgan fingerprint density at radius 1 is 1.20 bits per heavy atom. The third-order valence-electron chi connectivity index (χ3n) is 3.91. The molecular formula is C15H16N2O3. The summed E-state index contributed by atoms with van der Waals surface area (Å²) in [7, 11) is 0. The smallest absolute Gasteiger partial charge is 0.249 e. The van der Waals surface area contributed by atoms with Crippen molar-refractivity contribution in [3.8, 4) is 0 Å². The van der Waals surface area contributed by atoms with E-state index in [1.165, 1.54) is 0 Å². The maximum atomic E-state index is 12.1. The van der Waals surface area contributed by atoms with Gasteiger partial charge in [0.05, 0.1) is 0 Å². The number of hydrogen-bond donors (Lipinski definition) is 2. The zero-order valence-corrected chi connectivity index (χ0v) is 11.0. The maximum Gasteiger partial charge on any atom is 0.249 e. The van der Waals surface area contributed by atoms with Crippen molar-refractivity contribution in [1.29, 1.82) is 0 Å². The molecule has 3 rings (SSSR count). The van der Waals surface area contributed by atoms with Crippen LogP contribution in [0.1, 0.15) is 30.7 Å². The SMILES string of the molecule is O=C1CCC(NC(=O)C2CC2c2ccccc2)C(=O)N1. The van der Waals surface area contributed by atoms with Gasteiger partial charge in [0.25, 0.3) is 0 Å². The summed E-state index contributed by atoms with van der Waals surface area (Å²) < 4.78 is 0. The largest absolute Gasteiger partial charge is 0.344 e. The molecule has 2 aliphatic rings. The molecular weight excluding hydrogens is 256 g/mol. The van der Waals surface area contributed by atoms with E-state index in [0.29, 0.717) is 6.42 Å². The van der Waals surface area contributed by atoms with Crippen molar-refractivity contribution in [3.05, 3.63) is 35.9 Å². The summed E-state index contributed by atoms with van der Waals surface area (Å²) in [6.45, 7) is 0. The number of benzene rings is 1. The number of piperidine rings is 1. The van der Waals surface area contributed by atoms with Crippen LogP contribution in [0.2, 0.25) is 0 Å². The van der Waals surface area contributed by atoms with Crippen LogP contribution in [-0.4, -0.2) is 23.8 Å². The van der Waals surface area contributed by atoms with E-state index < -0.39 is 11.9 Å². The first-order valence-electron chi connectivity index (χ1n) is 6.84. The van der Waals surface area contributed by atoms with Gasteiger partial charge in [0.1, 0.15) is 6.04 Å². The van der Waals surface area contributed by atoms with Crippen molar-refractivity contribution in [2.75, 3.05) is 0 Å². The molecule has 2 fully saturated rings. The van der Waals surface area contributed by atoms with Gasteiger partial charge in [0.15, 0.2) is 0 Å². The first-order chi connectivity index (χ1) is 9.65. The Morgan fingerprint density at radius 3 is 2.65 bits per heavy atom. The summed E-state index contributed by atoms with van der Waals surface area (Å²) in [6, 6.07) is 9.33. The summed E-state index contributed by atoms with van der Waals surface area (Å²) in [5, 5.41) is 4.99. The van der Waals surface area contributed by atoms with E-state index in [-0.39, 0.29) is 30.1 Å². The standard InChI is InChI=1S/C15H16N2O3/c18-13-7-6-12(15(20)17-13)16-14(19)11-8-10(11)9-4-2-1-3-5-9/h1-5,10-12H,6-8H2,(H,16,19)(H,17,18,20). The quantitative estimate of drug-likeness (QED) is 0.796. The van der Waals surface area contributed by atoms with E-state index in [1.54, 1.807) is 0 Å². The van der Waals surface area contributed by atoms with Crippen molar-refractivity contribution >= 4 is 17.7 Å². The molecule has 1 saturated carbocycles. The molecule has 1 aliphatic heterocycles. The van der Waals surface area contributed by atoms with Gasteiger partial charge in [-0.15, -0.1) is 0 Å². The highest BCUT2D eigenvalue weighted by atomic mass is 16.2. The van der Waals surface area contributed by atoms with Crippen LogP contribution in [0.25, 0.3) is 0 Å². The van der Waals surface area contributed by atoms with Crippen LogP contribution in [0.3, 0.4) is 0 Å². The Balaban J connectivity index is 1.56. The van der Waals surface area contributed by atoms with Gasteiger partial charge in [-0.25, -0.2) is 0 Å². The molecule has 3 amide bonds. The number of carbonyl (C=O) groups excluding carboxylic acids is 3. The van der Waals surface area contributed by atoms with Gasteiger partial charge < -0.3 is 5.32 Å². The number of nitrogens with one attached hydrogen (secondary N) is 2. The van der Waals surface area contributed by atoms with Crippen molar-refractivity contribution < 1.29 is 14.4 Å². The molecule has 1 saturated heterocycles. The Kier molecular flexibility index (Phi) is 3.26. The highest BCUT2D eigenvalue weighted by Gasteiger charge is 2.45. The third-order valence-corrected chi connectivity index (χ3v) is 3.91. The average molecular weight is 272 g/mol. The second-order valence-electron chi connectivity index (χ2n) is 5.37. The lowest BCUT2D eigenvalue weighted by molar-refractivity contribution is -0.137. The van der Waals surface area contributed by atoms with Crippen LogP contribution >= 0.6 is 0 Å². The van der Waals surface area contributed by atoms with E-state index in [9.17, 15) is 14.4 Å². The molecule has 1 aromatic carbocycles. The van der Waals surface area contributed by atoms with Crippen LogP contribution in [0, 0.1) is 5.92 Å².